The van der Waals surface area contributed by atoms with E-state index in [-0.39, 0.29) is 16.9 Å². The molecule has 1 N–H and O–H groups in total. The van der Waals surface area contributed by atoms with Crippen LogP contribution in [0.2, 0.25) is 0 Å². The zero-order valence-corrected chi connectivity index (χ0v) is 16.6. The molecule has 0 aromatic carbocycles. The van der Waals surface area contributed by atoms with Crippen LogP contribution in [-0.2, 0) is 10.3 Å². The zero-order chi connectivity index (χ0) is 17.7. The molecule has 0 atom stereocenters. The molecular formula is C18H25BrN4O. The predicted molar refractivity (Wildman–Crippen MR) is 100 cm³/mol. The largest absolute Gasteiger partial charge is 0.296 e. The van der Waals surface area contributed by atoms with Gasteiger partial charge in [0.2, 0.25) is 11.9 Å². The molecule has 130 valence electrons. The number of aromatic nitrogens is 3. The van der Waals surface area contributed by atoms with E-state index in [1.54, 1.807) is 0 Å². The molecule has 1 aliphatic carbocycles. The van der Waals surface area contributed by atoms with Gasteiger partial charge in [0.1, 0.15) is 5.52 Å². The van der Waals surface area contributed by atoms with Crippen LogP contribution in [0.4, 0.5) is 5.95 Å². The van der Waals surface area contributed by atoms with Crippen LogP contribution in [0.3, 0.4) is 0 Å². The van der Waals surface area contributed by atoms with Gasteiger partial charge in [-0.05, 0) is 60.5 Å². The summed E-state index contributed by atoms with van der Waals surface area (Å²) in [6.45, 7) is 10.4. The third-order valence-corrected chi connectivity index (χ3v) is 5.48. The highest BCUT2D eigenvalue weighted by atomic mass is 79.9. The third-order valence-electron chi connectivity index (χ3n) is 4.67. The van der Waals surface area contributed by atoms with Crippen molar-refractivity contribution in [1.82, 2.24) is 14.5 Å². The molecule has 0 aliphatic heterocycles. The highest BCUT2D eigenvalue weighted by molar-refractivity contribution is 9.10. The number of nitrogens with one attached hydrogen (secondary N) is 1. The minimum absolute atomic E-state index is 0.00207. The van der Waals surface area contributed by atoms with Crippen molar-refractivity contribution in [2.45, 2.75) is 65.8 Å². The topological polar surface area (TPSA) is 59.8 Å². The van der Waals surface area contributed by atoms with Gasteiger partial charge < -0.3 is 0 Å². The SMILES string of the molecule is Cc1nc2c(cc1Br)nc(NC(=O)CC(C)(C)C)n2C1(C)CCC1. The lowest BCUT2D eigenvalue weighted by Gasteiger charge is -2.40. The molecule has 5 nitrogen and oxygen atoms in total. The van der Waals surface area contributed by atoms with E-state index in [9.17, 15) is 4.79 Å². The van der Waals surface area contributed by atoms with E-state index < -0.39 is 0 Å². The van der Waals surface area contributed by atoms with Crippen molar-refractivity contribution >= 4 is 38.9 Å². The monoisotopic (exact) mass is 392 g/mol. The first kappa shape index (κ1) is 17.4. The maximum absolute atomic E-state index is 12.4. The van der Waals surface area contributed by atoms with E-state index >= 15 is 0 Å². The fraction of sp³-hybridized carbons (Fsp3) is 0.611. The molecule has 0 bridgehead atoms. The Hall–Kier alpha value is -1.43. The second kappa shape index (κ2) is 5.83. The lowest BCUT2D eigenvalue weighted by atomic mass is 9.78. The van der Waals surface area contributed by atoms with Crippen LogP contribution in [0.1, 0.15) is 59.1 Å². The average molecular weight is 393 g/mol. The Bertz CT molecular complexity index is 799. The van der Waals surface area contributed by atoms with Gasteiger partial charge in [-0.15, -0.1) is 0 Å². The Morgan fingerprint density at radius 3 is 2.58 bits per heavy atom. The second-order valence-electron chi connectivity index (χ2n) is 8.31. The van der Waals surface area contributed by atoms with E-state index in [4.69, 9.17) is 4.98 Å². The first-order chi connectivity index (χ1) is 11.1. The minimum Gasteiger partial charge on any atom is -0.296 e. The van der Waals surface area contributed by atoms with E-state index in [2.05, 4.69) is 58.5 Å². The van der Waals surface area contributed by atoms with Crippen LogP contribution in [-0.4, -0.2) is 20.4 Å². The van der Waals surface area contributed by atoms with Crippen molar-refractivity contribution in [3.05, 3.63) is 16.2 Å². The van der Waals surface area contributed by atoms with Gasteiger partial charge in [-0.2, -0.15) is 0 Å². The number of rotatable bonds is 3. The molecule has 0 unspecified atom stereocenters. The van der Waals surface area contributed by atoms with Gasteiger partial charge in [0.25, 0.3) is 0 Å². The number of amides is 1. The summed E-state index contributed by atoms with van der Waals surface area (Å²) in [6, 6.07) is 1.98. The highest BCUT2D eigenvalue weighted by Crippen LogP contribution is 2.43. The molecule has 1 amide bonds. The molecule has 2 aromatic rings. The summed E-state index contributed by atoms with van der Waals surface area (Å²) in [5, 5.41) is 3.03. The number of carbonyl (C=O) groups is 1. The number of imidazole rings is 1. The van der Waals surface area contributed by atoms with Crippen molar-refractivity contribution in [1.29, 1.82) is 0 Å². The third kappa shape index (κ3) is 3.21. The normalized spacial score (nSPS) is 16.9. The number of aryl methyl sites for hydroxylation is 1. The number of carbonyl (C=O) groups excluding carboxylic acids is 1. The van der Waals surface area contributed by atoms with Crippen LogP contribution in [0.25, 0.3) is 11.2 Å². The van der Waals surface area contributed by atoms with E-state index in [0.29, 0.717) is 12.4 Å². The number of anilines is 1. The molecule has 1 aliphatic rings. The quantitative estimate of drug-likeness (QED) is 0.817. The van der Waals surface area contributed by atoms with Crippen LogP contribution in [0.5, 0.6) is 0 Å². The van der Waals surface area contributed by atoms with Gasteiger partial charge in [-0.3, -0.25) is 14.7 Å². The lowest BCUT2D eigenvalue weighted by Crippen LogP contribution is -2.38. The van der Waals surface area contributed by atoms with Crippen LogP contribution in [0.15, 0.2) is 10.5 Å². The molecule has 0 saturated heterocycles. The van der Waals surface area contributed by atoms with Crippen LogP contribution in [0, 0.1) is 12.3 Å². The van der Waals surface area contributed by atoms with Gasteiger partial charge in [0.05, 0.1) is 5.69 Å². The summed E-state index contributed by atoms with van der Waals surface area (Å²) in [5.74, 6) is 0.615. The summed E-state index contributed by atoms with van der Waals surface area (Å²) in [6.07, 6.45) is 3.82. The molecule has 24 heavy (non-hydrogen) atoms. The summed E-state index contributed by atoms with van der Waals surface area (Å²) in [4.78, 5) is 21.8. The Morgan fingerprint density at radius 2 is 2.04 bits per heavy atom. The molecule has 6 heteroatoms. The summed E-state index contributed by atoms with van der Waals surface area (Å²) in [7, 11) is 0. The van der Waals surface area contributed by atoms with Crippen molar-refractivity contribution in [3.63, 3.8) is 0 Å². The number of hydrogen-bond donors (Lipinski definition) is 1. The van der Waals surface area contributed by atoms with Crippen molar-refractivity contribution < 1.29 is 4.79 Å². The lowest BCUT2D eigenvalue weighted by molar-refractivity contribution is -0.117. The predicted octanol–water partition coefficient (Wildman–Crippen LogP) is 4.78. The van der Waals surface area contributed by atoms with Crippen LogP contribution >= 0.6 is 15.9 Å². The number of hydrogen-bond acceptors (Lipinski definition) is 3. The maximum Gasteiger partial charge on any atom is 0.227 e. The Morgan fingerprint density at radius 1 is 1.38 bits per heavy atom. The first-order valence-electron chi connectivity index (χ1n) is 8.45. The average Bonchev–Trinajstić information content (AvgIpc) is 2.71. The smallest absolute Gasteiger partial charge is 0.227 e. The van der Waals surface area contributed by atoms with Gasteiger partial charge in [0, 0.05) is 16.4 Å². The molecule has 3 rings (SSSR count). The molecule has 0 radical (unpaired) electrons. The standard InChI is InChI=1S/C18H25BrN4O/c1-11-12(19)9-13-15(20-11)23(18(5)7-6-8-18)16(21-13)22-14(24)10-17(2,3)4/h9H,6-8,10H2,1-5H3,(H,21,22,24). The Kier molecular flexibility index (Phi) is 4.22. The van der Waals surface area contributed by atoms with Gasteiger partial charge in [-0.1, -0.05) is 20.8 Å². The van der Waals surface area contributed by atoms with Crippen molar-refractivity contribution in [2.24, 2.45) is 5.41 Å². The fourth-order valence-corrected chi connectivity index (χ4v) is 3.53. The highest BCUT2D eigenvalue weighted by Gasteiger charge is 2.38. The number of nitrogens with zero attached hydrogens (tertiary/aromatic N) is 3. The molecule has 1 saturated carbocycles. The number of halogens is 1. The second-order valence-corrected chi connectivity index (χ2v) is 9.16. The van der Waals surface area contributed by atoms with Crippen molar-refractivity contribution in [3.8, 4) is 0 Å². The molecule has 2 aromatic heterocycles. The maximum atomic E-state index is 12.4. The van der Waals surface area contributed by atoms with Gasteiger partial charge >= 0.3 is 0 Å². The minimum atomic E-state index is -0.0564. The van der Waals surface area contributed by atoms with Gasteiger partial charge in [-0.25, -0.2) is 9.97 Å². The number of fused-ring (bicyclic) bond motifs is 1. The van der Waals surface area contributed by atoms with Gasteiger partial charge in [0.15, 0.2) is 5.65 Å². The molecule has 2 heterocycles. The van der Waals surface area contributed by atoms with E-state index in [1.165, 1.54) is 6.42 Å². The molecule has 1 fully saturated rings. The summed E-state index contributed by atoms with van der Waals surface area (Å²) >= 11 is 3.52. The van der Waals surface area contributed by atoms with E-state index in [1.807, 2.05) is 13.0 Å². The van der Waals surface area contributed by atoms with E-state index in [0.717, 1.165) is 34.2 Å². The zero-order valence-electron chi connectivity index (χ0n) is 15.0. The number of pyridine rings is 1. The van der Waals surface area contributed by atoms with Crippen LogP contribution < -0.4 is 5.32 Å². The molecular weight excluding hydrogens is 368 g/mol. The first-order valence-corrected chi connectivity index (χ1v) is 9.24. The van der Waals surface area contributed by atoms with Crippen molar-refractivity contribution in [2.75, 3.05) is 5.32 Å². The summed E-state index contributed by atoms with van der Waals surface area (Å²) in [5.41, 5.74) is 2.51. The summed E-state index contributed by atoms with van der Waals surface area (Å²) < 4.78 is 3.07. The Balaban J connectivity index is 2.06. The fourth-order valence-electron chi connectivity index (χ4n) is 3.23. The Labute approximate surface area is 151 Å². The molecule has 0 spiro atoms.